The van der Waals surface area contributed by atoms with Crippen LogP contribution >= 0.6 is 0 Å². The number of rotatable bonds is 53. The van der Waals surface area contributed by atoms with Gasteiger partial charge in [0.25, 0.3) is 0 Å². The van der Waals surface area contributed by atoms with Gasteiger partial charge in [-0.3, -0.25) is 14.4 Å². The summed E-state index contributed by atoms with van der Waals surface area (Å²) in [4.78, 5) is 38.3. The van der Waals surface area contributed by atoms with Crippen LogP contribution < -0.4 is 0 Å². The fourth-order valence-electron chi connectivity index (χ4n) is 8.02. The molecular weight excluding hydrogens is 901 g/mol. The molecule has 0 saturated heterocycles. The second-order valence-electron chi connectivity index (χ2n) is 19.6. The Kier molecular flexibility index (Phi) is 56.9. The minimum absolute atomic E-state index is 0.104. The van der Waals surface area contributed by atoms with Crippen LogP contribution in [0.3, 0.4) is 0 Å². The summed E-state index contributed by atoms with van der Waals surface area (Å²) in [6, 6.07) is 0. The van der Waals surface area contributed by atoms with Crippen molar-refractivity contribution < 1.29 is 28.6 Å². The number of hydrogen-bond donors (Lipinski definition) is 0. The Hall–Kier alpha value is -4.19. The van der Waals surface area contributed by atoms with Crippen LogP contribution in [0.1, 0.15) is 265 Å². The zero-order valence-corrected chi connectivity index (χ0v) is 47.4. The minimum Gasteiger partial charge on any atom is -0.462 e. The average molecular weight is 1010 g/mol. The Bertz CT molecular complexity index is 1540. The molecule has 0 bridgehead atoms. The summed E-state index contributed by atoms with van der Waals surface area (Å²) < 4.78 is 16.9. The van der Waals surface area contributed by atoms with Crippen LogP contribution in [-0.2, 0) is 28.6 Å². The summed E-state index contributed by atoms with van der Waals surface area (Å²) >= 11 is 0. The van der Waals surface area contributed by atoms with E-state index >= 15 is 0 Å². The molecular formula is C67H110O6. The normalized spacial score (nSPS) is 13.0. The van der Waals surface area contributed by atoms with Gasteiger partial charge < -0.3 is 14.2 Å². The highest BCUT2D eigenvalue weighted by Gasteiger charge is 2.19. The molecule has 0 rings (SSSR count). The monoisotopic (exact) mass is 1010 g/mol. The van der Waals surface area contributed by atoms with Crippen molar-refractivity contribution in [2.24, 2.45) is 0 Å². The number of ether oxygens (including phenoxy) is 3. The Morgan fingerprint density at radius 1 is 0.301 bits per heavy atom. The maximum atomic E-state index is 12.9. The first-order valence-corrected chi connectivity index (χ1v) is 30.1. The van der Waals surface area contributed by atoms with E-state index in [0.29, 0.717) is 19.3 Å². The van der Waals surface area contributed by atoms with Crippen LogP contribution in [0.5, 0.6) is 0 Å². The summed E-state index contributed by atoms with van der Waals surface area (Å²) in [7, 11) is 0. The van der Waals surface area contributed by atoms with Crippen LogP contribution in [0.25, 0.3) is 0 Å². The SMILES string of the molecule is CC/C=C\C/C=C\C/C=C\C/C=C\CCCCCCCCC(=O)OCC(COC(=O)CCCCCCC\C=C/C=C\C=C/CCCCCCC)OC(=O)CCCCCCC\C=C/C=C\C=C/CCCCCCC. The van der Waals surface area contributed by atoms with Gasteiger partial charge in [-0.1, -0.05) is 258 Å². The zero-order chi connectivity index (χ0) is 52.9. The number of hydrogen-bond acceptors (Lipinski definition) is 6. The molecule has 0 fully saturated rings. The van der Waals surface area contributed by atoms with E-state index in [1.807, 2.05) is 0 Å². The molecule has 1 atom stereocenters. The van der Waals surface area contributed by atoms with Crippen LogP contribution in [0, 0.1) is 0 Å². The van der Waals surface area contributed by atoms with E-state index in [2.05, 4.69) is 142 Å². The van der Waals surface area contributed by atoms with Gasteiger partial charge in [-0.2, -0.15) is 0 Å². The fraction of sp³-hybridized carbons (Fsp3) is 0.657. The highest BCUT2D eigenvalue weighted by Crippen LogP contribution is 2.14. The van der Waals surface area contributed by atoms with Crippen molar-refractivity contribution in [2.75, 3.05) is 13.2 Å². The summed E-state index contributed by atoms with van der Waals surface area (Å²) in [5, 5.41) is 0. The van der Waals surface area contributed by atoms with Gasteiger partial charge >= 0.3 is 17.9 Å². The second kappa shape index (κ2) is 60.4. The van der Waals surface area contributed by atoms with Gasteiger partial charge in [0.05, 0.1) is 0 Å². The molecule has 414 valence electrons. The second-order valence-corrected chi connectivity index (χ2v) is 19.6. The molecule has 0 aliphatic carbocycles. The van der Waals surface area contributed by atoms with Crippen LogP contribution in [0.2, 0.25) is 0 Å². The maximum Gasteiger partial charge on any atom is 0.306 e. The Labute approximate surface area is 450 Å². The van der Waals surface area contributed by atoms with E-state index in [4.69, 9.17) is 14.2 Å². The lowest BCUT2D eigenvalue weighted by atomic mass is 10.1. The summed E-state index contributed by atoms with van der Waals surface area (Å²) in [6.45, 7) is 6.45. The van der Waals surface area contributed by atoms with E-state index in [0.717, 1.165) is 148 Å². The molecule has 6 nitrogen and oxygen atoms in total. The summed E-state index contributed by atoms with van der Waals surface area (Å²) in [6.07, 6.45) is 83.2. The average Bonchev–Trinajstić information content (AvgIpc) is 3.39. The topological polar surface area (TPSA) is 78.9 Å². The number of carbonyl (C=O) groups is 3. The van der Waals surface area contributed by atoms with E-state index in [-0.39, 0.29) is 31.1 Å². The lowest BCUT2D eigenvalue weighted by Gasteiger charge is -2.18. The molecule has 1 unspecified atom stereocenters. The molecule has 73 heavy (non-hydrogen) atoms. The maximum absolute atomic E-state index is 12.9. The van der Waals surface area contributed by atoms with Gasteiger partial charge in [0.15, 0.2) is 6.10 Å². The van der Waals surface area contributed by atoms with Crippen LogP contribution in [0.4, 0.5) is 0 Å². The Morgan fingerprint density at radius 2 is 0.589 bits per heavy atom. The van der Waals surface area contributed by atoms with Gasteiger partial charge in [-0.25, -0.2) is 0 Å². The summed E-state index contributed by atoms with van der Waals surface area (Å²) in [5.74, 6) is -0.955. The smallest absolute Gasteiger partial charge is 0.306 e. The third-order valence-corrected chi connectivity index (χ3v) is 12.5. The summed E-state index contributed by atoms with van der Waals surface area (Å²) in [5.41, 5.74) is 0. The van der Waals surface area contributed by atoms with Crippen molar-refractivity contribution in [2.45, 2.75) is 271 Å². The number of allylic oxidation sites excluding steroid dienone is 20. The molecule has 0 aliphatic heterocycles. The van der Waals surface area contributed by atoms with Crippen molar-refractivity contribution in [3.05, 3.63) is 122 Å². The molecule has 0 aromatic carbocycles. The molecule has 6 heteroatoms. The van der Waals surface area contributed by atoms with Gasteiger partial charge in [-0.05, 0) is 109 Å². The van der Waals surface area contributed by atoms with Crippen molar-refractivity contribution in [3.63, 3.8) is 0 Å². The standard InChI is InChI=1S/C67H110O6/c1-4-7-10-13-16-19-22-25-28-31-34-37-39-42-45-48-51-54-57-60-66(69)72-63-64(73-67(70)61-58-55-52-49-46-43-40-36-33-30-27-24-21-18-15-12-9-6-3)62-71-65(68)59-56-53-50-47-44-41-38-35-32-29-26-23-20-17-14-11-8-5-2/h7,10,16,19,23-30,32-38,40,64H,4-6,8-9,11-15,17-18,20-22,31,39,41-63H2,1-3H3/b10-7-,19-16-,26-23-,27-24-,28-25-,32-29-,33-30-,37-34-,38-35-,40-36-. The first kappa shape index (κ1) is 68.8. The predicted octanol–water partition coefficient (Wildman–Crippen LogP) is 20.4. The predicted molar refractivity (Wildman–Crippen MR) is 316 cm³/mol. The van der Waals surface area contributed by atoms with E-state index in [1.165, 1.54) is 77.0 Å². The van der Waals surface area contributed by atoms with Crippen molar-refractivity contribution in [1.82, 2.24) is 0 Å². The Morgan fingerprint density at radius 3 is 0.945 bits per heavy atom. The largest absolute Gasteiger partial charge is 0.462 e. The number of carbonyl (C=O) groups excluding carboxylic acids is 3. The number of esters is 3. The Balaban J connectivity index is 4.52. The molecule has 0 saturated carbocycles. The van der Waals surface area contributed by atoms with Gasteiger partial charge in [0.1, 0.15) is 13.2 Å². The van der Waals surface area contributed by atoms with Gasteiger partial charge in [-0.15, -0.1) is 0 Å². The molecule has 0 radical (unpaired) electrons. The number of unbranched alkanes of at least 4 members (excludes halogenated alkanes) is 26. The lowest BCUT2D eigenvalue weighted by Crippen LogP contribution is -2.30. The van der Waals surface area contributed by atoms with Gasteiger partial charge in [0.2, 0.25) is 0 Å². The molecule has 0 aliphatic rings. The van der Waals surface area contributed by atoms with Crippen LogP contribution in [-0.4, -0.2) is 37.2 Å². The van der Waals surface area contributed by atoms with E-state index in [9.17, 15) is 14.4 Å². The van der Waals surface area contributed by atoms with E-state index in [1.54, 1.807) is 0 Å². The molecule has 0 aromatic rings. The molecule has 0 aromatic heterocycles. The van der Waals surface area contributed by atoms with Crippen molar-refractivity contribution in [1.29, 1.82) is 0 Å². The fourth-order valence-corrected chi connectivity index (χ4v) is 8.02. The zero-order valence-electron chi connectivity index (χ0n) is 47.4. The minimum atomic E-state index is -0.809. The van der Waals surface area contributed by atoms with Crippen molar-refractivity contribution >= 4 is 17.9 Å². The lowest BCUT2D eigenvalue weighted by molar-refractivity contribution is -0.167. The highest BCUT2D eigenvalue weighted by atomic mass is 16.6. The molecule has 0 amide bonds. The van der Waals surface area contributed by atoms with Crippen molar-refractivity contribution in [3.8, 4) is 0 Å². The first-order valence-electron chi connectivity index (χ1n) is 30.1. The molecule has 0 N–H and O–H groups in total. The molecule has 0 heterocycles. The van der Waals surface area contributed by atoms with Gasteiger partial charge in [0, 0.05) is 19.3 Å². The quantitative estimate of drug-likeness (QED) is 0.0199. The highest BCUT2D eigenvalue weighted by molar-refractivity contribution is 5.71. The van der Waals surface area contributed by atoms with Crippen LogP contribution in [0.15, 0.2) is 122 Å². The third-order valence-electron chi connectivity index (χ3n) is 12.5. The first-order chi connectivity index (χ1) is 36.0. The third kappa shape index (κ3) is 58.6. The molecule has 0 spiro atoms. The van der Waals surface area contributed by atoms with E-state index < -0.39 is 6.10 Å².